The molecule has 0 bridgehead atoms. The Kier molecular flexibility index (Phi) is 7.24. The number of rotatable bonds is 7. The fraction of sp³-hybridized carbons (Fsp3) is 0.167. The lowest BCUT2D eigenvalue weighted by Gasteiger charge is -2.20. The lowest BCUT2D eigenvalue weighted by Crippen LogP contribution is -2.39. The third kappa shape index (κ3) is 5.86. The van der Waals surface area contributed by atoms with Gasteiger partial charge in [0.15, 0.2) is 0 Å². The number of amides is 2. The van der Waals surface area contributed by atoms with Gasteiger partial charge in [-0.15, -0.1) is 0 Å². The Morgan fingerprint density at radius 3 is 2.57 bits per heavy atom. The van der Waals surface area contributed by atoms with Crippen molar-refractivity contribution in [2.45, 2.75) is 12.5 Å². The Labute approximate surface area is 173 Å². The second-order valence-corrected chi connectivity index (χ2v) is 7.14. The van der Waals surface area contributed by atoms with Crippen LogP contribution in [0.4, 0.5) is 5.69 Å². The lowest BCUT2D eigenvalue weighted by molar-refractivity contribution is -0.137. The van der Waals surface area contributed by atoms with Crippen LogP contribution in [0.25, 0.3) is 0 Å². The van der Waals surface area contributed by atoms with Crippen LogP contribution in [0.5, 0.6) is 5.75 Å². The van der Waals surface area contributed by atoms with Gasteiger partial charge in [0.05, 0.1) is 23.5 Å². The standard InChI is InChI=1S/C18H17BrClN3O5/c19-13-6-10(20)5-12(17(13)27)14(7-16(25)26)23-15(24)8-22-18(28)9-2-1-3-11(21)4-9/h1-6,14,27H,7-8,21H2,(H,22,28)(H,23,24)(H,25,26). The molecule has 0 spiro atoms. The molecule has 6 N–H and O–H groups in total. The highest BCUT2D eigenvalue weighted by Crippen LogP contribution is 2.36. The van der Waals surface area contributed by atoms with Gasteiger partial charge in [0, 0.05) is 21.8 Å². The molecule has 0 fully saturated rings. The fourth-order valence-corrected chi connectivity index (χ4v) is 3.29. The number of carbonyl (C=O) groups is 3. The molecule has 1 unspecified atom stereocenters. The summed E-state index contributed by atoms with van der Waals surface area (Å²) in [6, 6.07) is 7.97. The van der Waals surface area contributed by atoms with E-state index in [0.29, 0.717) is 5.69 Å². The summed E-state index contributed by atoms with van der Waals surface area (Å²) in [5, 5.41) is 24.5. The zero-order valence-corrected chi connectivity index (χ0v) is 16.8. The predicted octanol–water partition coefficient (Wildman–Crippen LogP) is 2.45. The van der Waals surface area contributed by atoms with Gasteiger partial charge in [0.2, 0.25) is 5.91 Å². The van der Waals surface area contributed by atoms with Crippen molar-refractivity contribution < 1.29 is 24.6 Å². The van der Waals surface area contributed by atoms with Gasteiger partial charge >= 0.3 is 5.97 Å². The van der Waals surface area contributed by atoms with Crippen LogP contribution >= 0.6 is 27.5 Å². The summed E-state index contributed by atoms with van der Waals surface area (Å²) in [6.45, 7) is -0.397. The number of aromatic hydroxyl groups is 1. The Bertz CT molecular complexity index is 922. The van der Waals surface area contributed by atoms with E-state index in [0.717, 1.165) is 0 Å². The third-order valence-corrected chi connectivity index (χ3v) is 4.53. The maximum Gasteiger partial charge on any atom is 0.305 e. The second-order valence-electron chi connectivity index (χ2n) is 5.85. The van der Waals surface area contributed by atoms with Gasteiger partial charge in [-0.3, -0.25) is 14.4 Å². The normalized spacial score (nSPS) is 11.5. The second kappa shape index (κ2) is 9.43. The summed E-state index contributed by atoms with van der Waals surface area (Å²) in [4.78, 5) is 35.5. The van der Waals surface area contributed by atoms with Crippen molar-refractivity contribution in [3.63, 3.8) is 0 Å². The van der Waals surface area contributed by atoms with Crippen molar-refractivity contribution in [3.8, 4) is 5.75 Å². The summed E-state index contributed by atoms with van der Waals surface area (Å²) in [5.74, 6) is -2.58. The van der Waals surface area contributed by atoms with Crippen LogP contribution in [0, 0.1) is 0 Å². The molecule has 2 rings (SSSR count). The molecule has 0 radical (unpaired) electrons. The van der Waals surface area contributed by atoms with E-state index in [1.54, 1.807) is 18.2 Å². The molecular formula is C18H17BrClN3O5. The number of nitrogens with one attached hydrogen (secondary N) is 2. The minimum Gasteiger partial charge on any atom is -0.506 e. The van der Waals surface area contributed by atoms with E-state index in [4.69, 9.17) is 22.4 Å². The summed E-state index contributed by atoms with van der Waals surface area (Å²) in [7, 11) is 0. The Morgan fingerprint density at radius 2 is 1.93 bits per heavy atom. The highest BCUT2D eigenvalue weighted by molar-refractivity contribution is 9.10. The summed E-state index contributed by atoms with van der Waals surface area (Å²) in [5.41, 5.74) is 6.44. The number of phenols is 1. The maximum atomic E-state index is 12.2. The minimum absolute atomic E-state index is 0.136. The van der Waals surface area contributed by atoms with E-state index in [2.05, 4.69) is 26.6 Å². The molecule has 0 heterocycles. The van der Waals surface area contributed by atoms with E-state index in [9.17, 15) is 19.5 Å². The molecule has 0 aliphatic carbocycles. The molecule has 8 nitrogen and oxygen atoms in total. The first-order valence-corrected chi connectivity index (χ1v) is 9.17. The van der Waals surface area contributed by atoms with Crippen molar-refractivity contribution in [3.05, 3.63) is 57.0 Å². The molecule has 1 atom stereocenters. The minimum atomic E-state index is -1.19. The molecule has 0 aliphatic heterocycles. The number of benzene rings is 2. The van der Waals surface area contributed by atoms with Gasteiger partial charge in [-0.05, 0) is 46.3 Å². The molecule has 2 aromatic carbocycles. The molecule has 2 amide bonds. The van der Waals surface area contributed by atoms with Crippen molar-refractivity contribution in [1.29, 1.82) is 0 Å². The van der Waals surface area contributed by atoms with Gasteiger partial charge in [0.1, 0.15) is 5.75 Å². The average molecular weight is 471 g/mol. The van der Waals surface area contributed by atoms with Crippen LogP contribution in [-0.2, 0) is 9.59 Å². The predicted molar refractivity (Wildman–Crippen MR) is 107 cm³/mol. The van der Waals surface area contributed by atoms with Gasteiger partial charge in [-0.25, -0.2) is 0 Å². The van der Waals surface area contributed by atoms with Crippen molar-refractivity contribution >= 4 is 51.0 Å². The van der Waals surface area contributed by atoms with Crippen LogP contribution < -0.4 is 16.4 Å². The number of carboxylic acids is 1. The Balaban J connectivity index is 2.09. The molecule has 0 aliphatic rings. The van der Waals surface area contributed by atoms with Gasteiger partial charge in [-0.2, -0.15) is 0 Å². The first-order valence-electron chi connectivity index (χ1n) is 8.00. The van der Waals surface area contributed by atoms with Crippen molar-refractivity contribution in [2.75, 3.05) is 12.3 Å². The SMILES string of the molecule is Nc1cccc(C(=O)NCC(=O)NC(CC(=O)O)c2cc(Cl)cc(Br)c2O)c1. The molecule has 148 valence electrons. The first-order chi connectivity index (χ1) is 13.2. The third-order valence-electron chi connectivity index (χ3n) is 3.71. The van der Waals surface area contributed by atoms with Crippen LogP contribution in [0.3, 0.4) is 0 Å². The number of nitrogen functional groups attached to an aromatic ring is 1. The maximum absolute atomic E-state index is 12.2. The molecular weight excluding hydrogens is 454 g/mol. The Hall–Kier alpha value is -2.78. The van der Waals surface area contributed by atoms with Crippen molar-refractivity contribution in [2.24, 2.45) is 0 Å². The Morgan fingerprint density at radius 1 is 1.21 bits per heavy atom. The van der Waals surface area contributed by atoms with E-state index in [-0.39, 0.29) is 26.4 Å². The average Bonchev–Trinajstić information content (AvgIpc) is 2.61. The quantitative estimate of drug-likeness (QED) is 0.394. The number of aliphatic carboxylic acids is 1. The van der Waals surface area contributed by atoms with Crippen LogP contribution in [0.1, 0.15) is 28.4 Å². The van der Waals surface area contributed by atoms with E-state index in [1.807, 2.05) is 0 Å². The van der Waals surface area contributed by atoms with Gasteiger partial charge < -0.3 is 26.6 Å². The fourth-order valence-electron chi connectivity index (χ4n) is 2.45. The van der Waals surface area contributed by atoms with E-state index < -0.39 is 36.8 Å². The van der Waals surface area contributed by atoms with E-state index >= 15 is 0 Å². The number of carbonyl (C=O) groups excluding carboxylic acids is 2. The molecule has 0 saturated heterocycles. The number of halogens is 2. The number of nitrogens with two attached hydrogens (primary N) is 1. The van der Waals surface area contributed by atoms with Crippen LogP contribution in [-0.4, -0.2) is 34.5 Å². The zero-order valence-electron chi connectivity index (χ0n) is 14.4. The molecule has 0 aromatic heterocycles. The molecule has 28 heavy (non-hydrogen) atoms. The number of hydrogen-bond donors (Lipinski definition) is 5. The van der Waals surface area contributed by atoms with Gasteiger partial charge in [0.25, 0.3) is 5.91 Å². The van der Waals surface area contributed by atoms with Crippen LogP contribution in [0.15, 0.2) is 40.9 Å². The molecule has 0 saturated carbocycles. The van der Waals surface area contributed by atoms with Crippen molar-refractivity contribution in [1.82, 2.24) is 10.6 Å². The number of carboxylic acid groups (broad SMARTS) is 1. The lowest BCUT2D eigenvalue weighted by atomic mass is 10.0. The number of anilines is 1. The molecule has 2 aromatic rings. The smallest absolute Gasteiger partial charge is 0.305 e. The zero-order chi connectivity index (χ0) is 20.8. The topological polar surface area (TPSA) is 142 Å². The number of hydrogen-bond acceptors (Lipinski definition) is 5. The number of phenolic OH excluding ortho intramolecular Hbond substituents is 1. The summed E-state index contributed by atoms with van der Waals surface area (Å²) in [6.07, 6.45) is -0.491. The van der Waals surface area contributed by atoms with Crippen LogP contribution in [0.2, 0.25) is 5.02 Å². The van der Waals surface area contributed by atoms with Gasteiger partial charge in [-0.1, -0.05) is 17.7 Å². The van der Waals surface area contributed by atoms with E-state index in [1.165, 1.54) is 18.2 Å². The first kappa shape index (κ1) is 21.5. The highest BCUT2D eigenvalue weighted by Gasteiger charge is 2.23. The summed E-state index contributed by atoms with van der Waals surface area (Å²) < 4.78 is 0.259. The molecule has 10 heteroatoms. The largest absolute Gasteiger partial charge is 0.506 e. The highest BCUT2D eigenvalue weighted by atomic mass is 79.9. The monoisotopic (exact) mass is 469 g/mol. The summed E-state index contributed by atoms with van der Waals surface area (Å²) >= 11 is 9.07.